The lowest BCUT2D eigenvalue weighted by atomic mass is 10.1. The van der Waals surface area contributed by atoms with Gasteiger partial charge < -0.3 is 19.3 Å². The maximum Gasteiger partial charge on any atom is 0.469 e. The molecule has 2 N–H and O–H groups in total. The fourth-order valence-corrected chi connectivity index (χ4v) is 7.25. The van der Waals surface area contributed by atoms with Gasteiger partial charge in [0.1, 0.15) is 6.61 Å². The van der Waals surface area contributed by atoms with Crippen molar-refractivity contribution in [2.24, 2.45) is 0 Å². The average molecular weight is 863 g/mol. The van der Waals surface area contributed by atoms with Crippen LogP contribution < -0.4 is 0 Å². The molecule has 0 saturated heterocycles. The summed E-state index contributed by atoms with van der Waals surface area (Å²) < 4.78 is 26.5. The van der Waals surface area contributed by atoms with Crippen LogP contribution in [0.1, 0.15) is 232 Å². The van der Waals surface area contributed by atoms with Crippen LogP contribution in [0.15, 0.2) is 60.8 Å². The summed E-state index contributed by atoms with van der Waals surface area (Å²) in [5, 5.41) is 0. The van der Waals surface area contributed by atoms with Gasteiger partial charge in [0.15, 0.2) is 6.10 Å². The predicted octanol–water partition coefficient (Wildman–Crippen LogP) is 15.6. The highest BCUT2D eigenvalue weighted by molar-refractivity contribution is 7.46. The Labute approximate surface area is 368 Å². The number of hydrogen-bond acceptors (Lipinski definition) is 6. The van der Waals surface area contributed by atoms with E-state index in [4.69, 9.17) is 19.3 Å². The normalized spacial score (nSPS) is 12.9. The molecule has 0 aromatic heterocycles. The molecule has 8 nitrogen and oxygen atoms in total. The molecule has 1 unspecified atom stereocenters. The standard InChI is InChI=1S/C51H91O8P/c1-3-5-7-9-11-13-15-17-19-21-23-25-27-29-31-33-35-37-39-41-43-45-50(52)57-47-49(48-58-60(54,55)56)59-51(53)46-44-42-40-38-36-34-32-30-28-26-24-22-20-18-16-14-12-10-8-6-4-2/h6,8,12,14,18,20-21,23-24,26,49H,3-5,7,9-11,13,15-17,19,22,25,27-48H2,1-2H3,(H2,54,55,56)/b8-6-,14-12-,20-18-,23-21-,26-24-. The first-order chi connectivity index (χ1) is 29.3. The lowest BCUT2D eigenvalue weighted by Crippen LogP contribution is -2.29. The van der Waals surface area contributed by atoms with Crippen LogP contribution in [0.25, 0.3) is 0 Å². The molecule has 0 spiro atoms. The molecule has 0 aliphatic heterocycles. The third-order valence-corrected chi connectivity index (χ3v) is 11.0. The van der Waals surface area contributed by atoms with Crippen molar-refractivity contribution >= 4 is 19.8 Å². The Bertz CT molecular complexity index is 1150. The number of unbranched alkanes of at least 4 members (excludes halogenated alkanes) is 25. The van der Waals surface area contributed by atoms with E-state index in [0.717, 1.165) is 70.6 Å². The third kappa shape index (κ3) is 48.4. The van der Waals surface area contributed by atoms with Crippen LogP contribution >= 0.6 is 7.82 Å². The maximum atomic E-state index is 12.5. The topological polar surface area (TPSA) is 119 Å². The molecule has 0 aromatic carbocycles. The lowest BCUT2D eigenvalue weighted by Gasteiger charge is -2.18. The Morgan fingerprint density at radius 2 is 0.800 bits per heavy atom. The van der Waals surface area contributed by atoms with Crippen molar-refractivity contribution in [1.82, 2.24) is 0 Å². The molecule has 0 saturated carbocycles. The molecule has 0 radical (unpaired) electrons. The summed E-state index contributed by atoms with van der Waals surface area (Å²) in [6.45, 7) is 3.59. The van der Waals surface area contributed by atoms with Crippen LogP contribution in [-0.4, -0.2) is 41.0 Å². The van der Waals surface area contributed by atoms with E-state index in [0.29, 0.717) is 6.42 Å². The fraction of sp³-hybridized carbons (Fsp3) is 0.765. The molecule has 0 aliphatic rings. The number of carbonyl (C=O) groups excluding carboxylic acids is 2. The van der Waals surface area contributed by atoms with Crippen molar-refractivity contribution in [2.45, 2.75) is 238 Å². The number of esters is 2. The van der Waals surface area contributed by atoms with Crippen LogP contribution in [0, 0.1) is 0 Å². The van der Waals surface area contributed by atoms with Gasteiger partial charge in [-0.25, -0.2) is 4.57 Å². The minimum atomic E-state index is -4.76. The van der Waals surface area contributed by atoms with Gasteiger partial charge in [0, 0.05) is 12.8 Å². The molecule has 60 heavy (non-hydrogen) atoms. The van der Waals surface area contributed by atoms with Crippen LogP contribution in [0.3, 0.4) is 0 Å². The molecular weight excluding hydrogens is 772 g/mol. The first kappa shape index (κ1) is 57.8. The molecule has 0 fully saturated rings. The second-order valence-corrected chi connectivity index (χ2v) is 17.6. The van der Waals surface area contributed by atoms with Gasteiger partial charge in [-0.15, -0.1) is 0 Å². The highest BCUT2D eigenvalue weighted by Crippen LogP contribution is 2.36. The summed E-state index contributed by atoms with van der Waals surface area (Å²) in [7, 11) is -4.76. The zero-order valence-electron chi connectivity index (χ0n) is 38.6. The fourth-order valence-electron chi connectivity index (χ4n) is 6.89. The Balaban J connectivity index is 3.86. The van der Waals surface area contributed by atoms with Gasteiger partial charge in [-0.3, -0.25) is 14.1 Å². The molecule has 0 aliphatic carbocycles. The molecule has 1 atom stereocenters. The van der Waals surface area contributed by atoms with E-state index in [-0.39, 0.29) is 19.4 Å². The van der Waals surface area contributed by atoms with Crippen molar-refractivity contribution in [3.63, 3.8) is 0 Å². The number of allylic oxidation sites excluding steroid dienone is 10. The zero-order valence-corrected chi connectivity index (χ0v) is 39.5. The zero-order chi connectivity index (χ0) is 43.9. The summed E-state index contributed by atoms with van der Waals surface area (Å²) in [4.78, 5) is 43.1. The van der Waals surface area contributed by atoms with Gasteiger partial charge in [-0.1, -0.05) is 203 Å². The van der Waals surface area contributed by atoms with Crippen LogP contribution in [0.5, 0.6) is 0 Å². The van der Waals surface area contributed by atoms with E-state index in [1.807, 2.05) is 0 Å². The van der Waals surface area contributed by atoms with E-state index in [2.05, 4.69) is 79.1 Å². The maximum absolute atomic E-state index is 12.5. The van der Waals surface area contributed by atoms with Gasteiger partial charge in [-0.2, -0.15) is 0 Å². The Morgan fingerprint density at radius 1 is 0.450 bits per heavy atom. The van der Waals surface area contributed by atoms with Crippen molar-refractivity contribution in [3.05, 3.63) is 60.8 Å². The van der Waals surface area contributed by atoms with E-state index >= 15 is 0 Å². The average Bonchev–Trinajstić information content (AvgIpc) is 3.22. The molecule has 0 amide bonds. The van der Waals surface area contributed by atoms with Crippen molar-refractivity contribution in [3.8, 4) is 0 Å². The Morgan fingerprint density at radius 3 is 1.22 bits per heavy atom. The highest BCUT2D eigenvalue weighted by Gasteiger charge is 2.23. The second-order valence-electron chi connectivity index (χ2n) is 16.4. The lowest BCUT2D eigenvalue weighted by molar-refractivity contribution is -0.161. The molecular formula is C51H91O8P. The summed E-state index contributed by atoms with van der Waals surface area (Å²) in [5.74, 6) is -0.892. The van der Waals surface area contributed by atoms with Crippen molar-refractivity contribution in [2.75, 3.05) is 13.2 Å². The van der Waals surface area contributed by atoms with Crippen molar-refractivity contribution in [1.29, 1.82) is 0 Å². The van der Waals surface area contributed by atoms with E-state index < -0.39 is 32.5 Å². The van der Waals surface area contributed by atoms with Crippen molar-refractivity contribution < 1.29 is 37.9 Å². The van der Waals surface area contributed by atoms with E-state index in [1.54, 1.807) is 0 Å². The monoisotopic (exact) mass is 863 g/mol. The molecule has 348 valence electrons. The summed E-state index contributed by atoms with van der Waals surface area (Å²) in [5.41, 5.74) is 0. The van der Waals surface area contributed by atoms with Gasteiger partial charge in [0.05, 0.1) is 6.61 Å². The number of phosphoric acid groups is 1. The predicted molar refractivity (Wildman–Crippen MR) is 253 cm³/mol. The van der Waals surface area contributed by atoms with Gasteiger partial charge in [0.25, 0.3) is 0 Å². The van der Waals surface area contributed by atoms with E-state index in [9.17, 15) is 14.2 Å². The minimum Gasteiger partial charge on any atom is -0.462 e. The number of rotatable bonds is 45. The molecule has 9 heteroatoms. The van der Waals surface area contributed by atoms with Crippen LogP contribution in [0.4, 0.5) is 0 Å². The SMILES string of the molecule is CC/C=C\C/C=C\C/C=C\C/C=C\CCCCCCCCCCC(=O)OC(COC(=O)CCCCCCCCCCC/C=C\CCCCCCCCCC)COP(=O)(O)O. The highest BCUT2D eigenvalue weighted by atomic mass is 31.2. The number of carbonyl (C=O) groups is 2. The third-order valence-electron chi connectivity index (χ3n) is 10.5. The number of hydrogen-bond donors (Lipinski definition) is 2. The first-order valence-electron chi connectivity index (χ1n) is 24.6. The number of phosphoric ester groups is 1. The second kappa shape index (κ2) is 46.3. The van der Waals surface area contributed by atoms with E-state index in [1.165, 1.54) is 128 Å². The first-order valence-corrected chi connectivity index (χ1v) is 26.1. The van der Waals surface area contributed by atoms with Gasteiger partial charge >= 0.3 is 19.8 Å². The van der Waals surface area contributed by atoms with Crippen LogP contribution in [0.2, 0.25) is 0 Å². The van der Waals surface area contributed by atoms with Crippen LogP contribution in [-0.2, 0) is 28.2 Å². The minimum absolute atomic E-state index is 0.200. The van der Waals surface area contributed by atoms with Gasteiger partial charge in [-0.05, 0) is 77.0 Å². The molecule has 0 heterocycles. The quantitative estimate of drug-likeness (QED) is 0.0269. The largest absolute Gasteiger partial charge is 0.469 e. The molecule has 0 rings (SSSR count). The Kier molecular flexibility index (Phi) is 44.5. The molecule has 0 aromatic rings. The number of ether oxygens (including phenoxy) is 2. The summed E-state index contributed by atoms with van der Waals surface area (Å²) >= 11 is 0. The smallest absolute Gasteiger partial charge is 0.462 e. The van der Waals surface area contributed by atoms with Gasteiger partial charge in [0.2, 0.25) is 0 Å². The molecule has 0 bridgehead atoms. The summed E-state index contributed by atoms with van der Waals surface area (Å²) in [6, 6.07) is 0. The summed E-state index contributed by atoms with van der Waals surface area (Å²) in [6.07, 6.45) is 59.5. The Hall–Kier alpha value is -2.25.